The smallest absolute Gasteiger partial charge is 0.0251 e. The maximum Gasteiger partial charge on any atom is 0.0251 e. The van der Waals surface area contributed by atoms with Crippen LogP contribution in [0.2, 0.25) is 0 Å². The third kappa shape index (κ3) is 3.96. The van der Waals surface area contributed by atoms with Crippen molar-refractivity contribution in [3.05, 3.63) is 0 Å². The van der Waals surface area contributed by atoms with E-state index in [9.17, 15) is 0 Å². The van der Waals surface area contributed by atoms with Gasteiger partial charge in [-0.15, -0.1) is 0 Å². The zero-order valence-corrected chi connectivity index (χ0v) is 12.8. The molecule has 0 saturated heterocycles. The molecule has 2 aliphatic rings. The predicted octanol–water partition coefficient (Wildman–Crippen LogP) is 3.28. The van der Waals surface area contributed by atoms with Gasteiger partial charge in [-0.1, -0.05) is 20.8 Å². The van der Waals surface area contributed by atoms with E-state index in [1.54, 1.807) is 0 Å². The van der Waals surface area contributed by atoms with Crippen molar-refractivity contribution in [3.8, 4) is 0 Å². The highest BCUT2D eigenvalue weighted by molar-refractivity contribution is 4.94. The van der Waals surface area contributed by atoms with Crippen molar-refractivity contribution >= 4 is 0 Å². The van der Waals surface area contributed by atoms with Crippen LogP contribution in [-0.4, -0.2) is 37.1 Å². The van der Waals surface area contributed by atoms with Crippen LogP contribution in [0.1, 0.15) is 59.3 Å². The second-order valence-electron chi connectivity index (χ2n) is 7.42. The normalized spacial score (nSPS) is 31.8. The molecule has 0 radical (unpaired) electrons. The Labute approximate surface area is 114 Å². The monoisotopic (exact) mass is 252 g/mol. The number of likely N-dealkylation sites (N-methyl/N-ethyl adjacent to an activating group) is 1. The molecule has 2 unspecified atom stereocenters. The maximum atomic E-state index is 3.79. The zero-order valence-electron chi connectivity index (χ0n) is 12.8. The lowest BCUT2D eigenvalue weighted by atomic mass is 9.72. The number of nitrogens with zero attached hydrogens (tertiary/aromatic N) is 1. The molecule has 1 N–H and O–H groups in total. The highest BCUT2D eigenvalue weighted by Gasteiger charge is 2.37. The van der Waals surface area contributed by atoms with Gasteiger partial charge in [-0.25, -0.2) is 0 Å². The first-order valence-electron chi connectivity index (χ1n) is 7.95. The lowest BCUT2D eigenvalue weighted by Crippen LogP contribution is -2.54. The maximum absolute atomic E-state index is 3.79. The Bertz CT molecular complexity index is 258. The van der Waals surface area contributed by atoms with Crippen LogP contribution >= 0.6 is 0 Å². The first-order valence-corrected chi connectivity index (χ1v) is 7.95. The van der Waals surface area contributed by atoms with E-state index in [-0.39, 0.29) is 0 Å². The van der Waals surface area contributed by atoms with Crippen molar-refractivity contribution < 1.29 is 0 Å². The summed E-state index contributed by atoms with van der Waals surface area (Å²) in [6.07, 6.45) is 8.27. The summed E-state index contributed by atoms with van der Waals surface area (Å²) in [6, 6.07) is 1.47. The zero-order chi connectivity index (χ0) is 13.2. The van der Waals surface area contributed by atoms with E-state index in [1.165, 1.54) is 51.6 Å². The first kappa shape index (κ1) is 14.3. The minimum Gasteiger partial charge on any atom is -0.312 e. The summed E-state index contributed by atoms with van der Waals surface area (Å²) in [5.41, 5.74) is 0.535. The Hall–Kier alpha value is -0.0800. The van der Waals surface area contributed by atoms with Crippen LogP contribution in [0.4, 0.5) is 0 Å². The predicted molar refractivity (Wildman–Crippen MR) is 78.9 cm³/mol. The van der Waals surface area contributed by atoms with Crippen molar-refractivity contribution in [1.29, 1.82) is 0 Å². The van der Waals surface area contributed by atoms with Crippen LogP contribution in [0, 0.1) is 11.3 Å². The minimum atomic E-state index is 0.535. The fourth-order valence-corrected chi connectivity index (χ4v) is 3.42. The quantitative estimate of drug-likeness (QED) is 0.780. The largest absolute Gasteiger partial charge is 0.312 e. The van der Waals surface area contributed by atoms with Crippen LogP contribution in [0.5, 0.6) is 0 Å². The Morgan fingerprint density at radius 2 is 1.94 bits per heavy atom. The average Bonchev–Trinajstić information content (AvgIpc) is 3.10. The van der Waals surface area contributed by atoms with E-state index >= 15 is 0 Å². The molecule has 2 atom stereocenters. The average molecular weight is 252 g/mol. The molecule has 0 aromatic carbocycles. The van der Waals surface area contributed by atoms with Gasteiger partial charge < -0.3 is 10.2 Å². The molecule has 2 heteroatoms. The number of hydrogen-bond donors (Lipinski definition) is 1. The molecule has 0 aromatic heterocycles. The molecule has 0 spiro atoms. The molecule has 2 rings (SSSR count). The van der Waals surface area contributed by atoms with Gasteiger partial charge in [0.25, 0.3) is 0 Å². The molecule has 18 heavy (non-hydrogen) atoms. The van der Waals surface area contributed by atoms with Gasteiger partial charge in [0, 0.05) is 18.6 Å². The summed E-state index contributed by atoms with van der Waals surface area (Å²) >= 11 is 0. The molecule has 0 bridgehead atoms. The molecule has 0 aliphatic heterocycles. The molecule has 0 heterocycles. The van der Waals surface area contributed by atoms with Crippen molar-refractivity contribution in [1.82, 2.24) is 10.2 Å². The Morgan fingerprint density at radius 1 is 1.22 bits per heavy atom. The Morgan fingerprint density at radius 3 is 2.56 bits per heavy atom. The van der Waals surface area contributed by atoms with E-state index in [1.807, 2.05) is 0 Å². The van der Waals surface area contributed by atoms with Crippen LogP contribution in [0.25, 0.3) is 0 Å². The second kappa shape index (κ2) is 5.92. The summed E-state index contributed by atoms with van der Waals surface area (Å²) in [5.74, 6) is 1.01. The fraction of sp³-hybridized carbons (Fsp3) is 1.00. The van der Waals surface area contributed by atoms with Gasteiger partial charge in [0.2, 0.25) is 0 Å². The van der Waals surface area contributed by atoms with Crippen LogP contribution in [0.15, 0.2) is 0 Å². The summed E-state index contributed by atoms with van der Waals surface area (Å²) in [4.78, 5) is 2.66. The van der Waals surface area contributed by atoms with E-state index in [0.717, 1.165) is 18.0 Å². The van der Waals surface area contributed by atoms with Gasteiger partial charge in [-0.3, -0.25) is 0 Å². The number of nitrogens with one attached hydrogen (secondary N) is 1. The van der Waals surface area contributed by atoms with Crippen LogP contribution in [-0.2, 0) is 0 Å². The van der Waals surface area contributed by atoms with Crippen molar-refractivity contribution in [2.24, 2.45) is 11.3 Å². The van der Waals surface area contributed by atoms with Gasteiger partial charge in [0.15, 0.2) is 0 Å². The summed E-state index contributed by atoms with van der Waals surface area (Å²) < 4.78 is 0. The molecular formula is C16H32N2. The molecule has 106 valence electrons. The Balaban J connectivity index is 1.93. The standard InChI is InChI=1S/C16H32N2/c1-5-10-17-14-8-9-16(2,3)11-15(14)18(4)12-13-6-7-13/h13-15,17H,5-12H2,1-4H3. The summed E-state index contributed by atoms with van der Waals surface area (Å²) in [5, 5.41) is 3.79. The number of hydrogen-bond acceptors (Lipinski definition) is 2. The number of rotatable bonds is 6. The molecule has 2 saturated carbocycles. The van der Waals surface area contributed by atoms with E-state index in [4.69, 9.17) is 0 Å². The summed E-state index contributed by atoms with van der Waals surface area (Å²) in [6.45, 7) is 9.66. The molecule has 2 nitrogen and oxygen atoms in total. The highest BCUT2D eigenvalue weighted by atomic mass is 15.2. The van der Waals surface area contributed by atoms with Gasteiger partial charge in [-0.2, -0.15) is 0 Å². The molecule has 2 fully saturated rings. The van der Waals surface area contributed by atoms with E-state index in [2.05, 4.69) is 38.0 Å². The highest BCUT2D eigenvalue weighted by Crippen LogP contribution is 2.38. The lowest BCUT2D eigenvalue weighted by Gasteiger charge is -2.45. The second-order valence-corrected chi connectivity index (χ2v) is 7.42. The van der Waals surface area contributed by atoms with Crippen LogP contribution in [0.3, 0.4) is 0 Å². The summed E-state index contributed by atoms with van der Waals surface area (Å²) in [7, 11) is 2.35. The molecule has 0 amide bonds. The van der Waals surface area contributed by atoms with E-state index < -0.39 is 0 Å². The lowest BCUT2D eigenvalue weighted by molar-refractivity contribution is 0.0791. The van der Waals surface area contributed by atoms with Crippen molar-refractivity contribution in [2.45, 2.75) is 71.4 Å². The van der Waals surface area contributed by atoms with Crippen LogP contribution < -0.4 is 5.32 Å². The molecule has 0 aromatic rings. The van der Waals surface area contributed by atoms with Crippen molar-refractivity contribution in [2.75, 3.05) is 20.1 Å². The molecule has 2 aliphatic carbocycles. The van der Waals surface area contributed by atoms with Crippen molar-refractivity contribution in [3.63, 3.8) is 0 Å². The SMILES string of the molecule is CCCNC1CCC(C)(C)CC1N(C)CC1CC1. The molecular weight excluding hydrogens is 220 g/mol. The third-order valence-corrected chi connectivity index (χ3v) is 4.82. The topological polar surface area (TPSA) is 15.3 Å². The first-order chi connectivity index (χ1) is 8.52. The third-order valence-electron chi connectivity index (χ3n) is 4.82. The van der Waals surface area contributed by atoms with E-state index in [0.29, 0.717) is 5.41 Å². The minimum absolute atomic E-state index is 0.535. The van der Waals surface area contributed by atoms with Gasteiger partial charge >= 0.3 is 0 Å². The van der Waals surface area contributed by atoms with Gasteiger partial charge in [0.1, 0.15) is 0 Å². The van der Waals surface area contributed by atoms with Gasteiger partial charge in [-0.05, 0) is 63.5 Å². The van der Waals surface area contributed by atoms with Gasteiger partial charge in [0.05, 0.1) is 0 Å². The Kier molecular flexibility index (Phi) is 4.71. The fourth-order valence-electron chi connectivity index (χ4n) is 3.42.